The van der Waals surface area contributed by atoms with E-state index >= 15 is 0 Å². The van der Waals surface area contributed by atoms with Crippen molar-refractivity contribution in [2.24, 2.45) is 7.05 Å². The number of halogens is 1. The van der Waals surface area contributed by atoms with Gasteiger partial charge in [-0.05, 0) is 56.2 Å². The van der Waals surface area contributed by atoms with Crippen molar-refractivity contribution in [3.8, 4) is 0 Å². The number of nitrogens with one attached hydrogen (secondary N) is 1. The fourth-order valence-electron chi connectivity index (χ4n) is 2.52. The van der Waals surface area contributed by atoms with E-state index in [1.807, 2.05) is 12.3 Å². The van der Waals surface area contributed by atoms with Crippen LogP contribution in [-0.2, 0) is 7.05 Å². The van der Waals surface area contributed by atoms with E-state index in [9.17, 15) is 0 Å². The lowest BCUT2D eigenvalue weighted by Crippen LogP contribution is -2.27. The minimum absolute atomic E-state index is 0. The molecule has 2 aromatic rings. The first-order valence-electron chi connectivity index (χ1n) is 6.95. The van der Waals surface area contributed by atoms with Crippen LogP contribution in [0.4, 0.5) is 0 Å². The van der Waals surface area contributed by atoms with E-state index in [4.69, 9.17) is 0 Å². The third kappa shape index (κ3) is 3.56. The molecule has 0 aliphatic carbocycles. The highest BCUT2D eigenvalue weighted by molar-refractivity contribution is 7.99. The van der Waals surface area contributed by atoms with Crippen LogP contribution >= 0.6 is 24.2 Å². The molecular formula is C14H20ClN5S. The van der Waals surface area contributed by atoms with Crippen molar-refractivity contribution in [3.63, 3.8) is 0 Å². The Kier molecular flexibility index (Phi) is 5.61. The van der Waals surface area contributed by atoms with Gasteiger partial charge in [0.2, 0.25) is 0 Å². The summed E-state index contributed by atoms with van der Waals surface area (Å²) >= 11 is 1.59. The number of aromatic nitrogens is 4. The van der Waals surface area contributed by atoms with E-state index < -0.39 is 0 Å². The number of pyridine rings is 1. The number of hydrogen-bond acceptors (Lipinski definition) is 5. The van der Waals surface area contributed by atoms with E-state index in [1.54, 1.807) is 11.8 Å². The molecule has 5 nitrogen and oxygen atoms in total. The minimum Gasteiger partial charge on any atom is -0.317 e. The highest BCUT2D eigenvalue weighted by Crippen LogP contribution is 2.30. The van der Waals surface area contributed by atoms with Gasteiger partial charge in [0.25, 0.3) is 0 Å². The molecule has 1 N–H and O–H groups in total. The maximum absolute atomic E-state index is 4.41. The molecule has 1 saturated heterocycles. The van der Waals surface area contributed by atoms with E-state index in [1.165, 1.54) is 5.56 Å². The molecule has 0 spiro atoms. The van der Waals surface area contributed by atoms with Crippen LogP contribution in [0.3, 0.4) is 0 Å². The van der Waals surface area contributed by atoms with Crippen molar-refractivity contribution in [1.82, 2.24) is 25.1 Å². The summed E-state index contributed by atoms with van der Waals surface area (Å²) in [7, 11) is 2.05. The topological polar surface area (TPSA) is 55.6 Å². The molecule has 0 atom stereocenters. The molecule has 0 saturated carbocycles. The second kappa shape index (κ2) is 7.24. The van der Waals surface area contributed by atoms with Gasteiger partial charge in [-0.2, -0.15) is 0 Å². The Hall–Kier alpha value is -1.11. The maximum atomic E-state index is 4.41. The molecule has 3 rings (SSSR count). The first kappa shape index (κ1) is 16.3. The Bertz CT molecular complexity index is 595. The van der Waals surface area contributed by atoms with E-state index in [-0.39, 0.29) is 12.4 Å². The predicted octanol–water partition coefficient (Wildman–Crippen LogP) is 2.56. The first-order chi connectivity index (χ1) is 9.75. The number of piperidine rings is 1. The zero-order valence-corrected chi connectivity index (χ0v) is 13.9. The van der Waals surface area contributed by atoms with E-state index in [2.05, 4.69) is 45.1 Å². The van der Waals surface area contributed by atoms with Gasteiger partial charge >= 0.3 is 0 Å². The SMILES string of the molecule is Cc1cccnc1Sc1nnc(C2CCNCC2)n1C.Cl. The molecular weight excluding hydrogens is 306 g/mol. The maximum Gasteiger partial charge on any atom is 0.197 e. The lowest BCUT2D eigenvalue weighted by molar-refractivity contribution is 0.434. The zero-order chi connectivity index (χ0) is 13.9. The normalized spacial score (nSPS) is 15.7. The fourth-order valence-corrected chi connectivity index (χ4v) is 3.34. The molecule has 114 valence electrons. The van der Waals surface area contributed by atoms with Crippen LogP contribution in [0.15, 0.2) is 28.5 Å². The highest BCUT2D eigenvalue weighted by Gasteiger charge is 2.22. The number of nitrogens with zero attached hydrogens (tertiary/aromatic N) is 4. The van der Waals surface area contributed by atoms with Crippen LogP contribution in [-0.4, -0.2) is 32.8 Å². The van der Waals surface area contributed by atoms with Crippen molar-refractivity contribution < 1.29 is 0 Å². The first-order valence-corrected chi connectivity index (χ1v) is 7.77. The van der Waals surface area contributed by atoms with Crippen LogP contribution in [0.5, 0.6) is 0 Å². The summed E-state index contributed by atoms with van der Waals surface area (Å²) in [4.78, 5) is 4.41. The Morgan fingerprint density at radius 3 is 2.76 bits per heavy atom. The van der Waals surface area contributed by atoms with Crippen molar-refractivity contribution in [1.29, 1.82) is 0 Å². The summed E-state index contributed by atoms with van der Waals surface area (Å²) in [5.74, 6) is 1.62. The molecule has 0 amide bonds. The van der Waals surface area contributed by atoms with Gasteiger partial charge in [-0.3, -0.25) is 0 Å². The van der Waals surface area contributed by atoms with Gasteiger partial charge < -0.3 is 9.88 Å². The number of hydrogen-bond donors (Lipinski definition) is 1. The monoisotopic (exact) mass is 325 g/mol. The zero-order valence-electron chi connectivity index (χ0n) is 12.2. The van der Waals surface area contributed by atoms with E-state index in [0.29, 0.717) is 5.92 Å². The van der Waals surface area contributed by atoms with E-state index in [0.717, 1.165) is 41.9 Å². The summed E-state index contributed by atoms with van der Waals surface area (Å²) in [6, 6.07) is 4.02. The van der Waals surface area contributed by atoms with Gasteiger partial charge in [0, 0.05) is 19.2 Å². The quantitative estimate of drug-likeness (QED) is 0.940. The third-order valence-electron chi connectivity index (χ3n) is 3.72. The molecule has 0 unspecified atom stereocenters. The molecule has 0 aromatic carbocycles. The Balaban J connectivity index is 0.00000161. The van der Waals surface area contributed by atoms with Crippen molar-refractivity contribution in [2.75, 3.05) is 13.1 Å². The smallest absolute Gasteiger partial charge is 0.197 e. The largest absolute Gasteiger partial charge is 0.317 e. The van der Waals surface area contributed by atoms with Crippen molar-refractivity contribution >= 4 is 24.2 Å². The Morgan fingerprint density at radius 2 is 2.05 bits per heavy atom. The summed E-state index contributed by atoms with van der Waals surface area (Å²) in [6.07, 6.45) is 4.10. The van der Waals surface area contributed by atoms with Gasteiger partial charge in [-0.25, -0.2) is 4.98 Å². The summed E-state index contributed by atoms with van der Waals surface area (Å²) in [5, 5.41) is 14.0. The molecule has 2 aromatic heterocycles. The predicted molar refractivity (Wildman–Crippen MR) is 86.2 cm³/mol. The molecule has 3 heterocycles. The van der Waals surface area contributed by atoms with Crippen molar-refractivity contribution in [2.45, 2.75) is 35.9 Å². The van der Waals surface area contributed by atoms with Gasteiger partial charge in [-0.15, -0.1) is 22.6 Å². The Labute approximate surface area is 135 Å². The standard InChI is InChI=1S/C14H19N5S.ClH/c1-10-4-3-7-16-13(10)20-14-18-17-12(19(14)2)11-5-8-15-9-6-11;/h3-4,7,11,15H,5-6,8-9H2,1-2H3;1H. The molecule has 1 fully saturated rings. The average Bonchev–Trinajstić information content (AvgIpc) is 2.84. The molecule has 0 bridgehead atoms. The van der Waals surface area contributed by atoms with Crippen molar-refractivity contribution in [3.05, 3.63) is 29.7 Å². The summed E-state index contributed by atoms with van der Waals surface area (Å²) in [6.45, 7) is 4.21. The highest BCUT2D eigenvalue weighted by atomic mass is 35.5. The second-order valence-electron chi connectivity index (χ2n) is 5.15. The minimum atomic E-state index is 0. The summed E-state index contributed by atoms with van der Waals surface area (Å²) < 4.78 is 2.12. The van der Waals surface area contributed by atoms with Crippen LogP contribution in [0.1, 0.15) is 30.1 Å². The third-order valence-corrected chi connectivity index (χ3v) is 4.88. The van der Waals surface area contributed by atoms with Gasteiger partial charge in [-0.1, -0.05) is 6.07 Å². The van der Waals surface area contributed by atoms with Crippen LogP contribution in [0.2, 0.25) is 0 Å². The second-order valence-corrected chi connectivity index (χ2v) is 6.11. The van der Waals surface area contributed by atoms with Crippen LogP contribution in [0.25, 0.3) is 0 Å². The number of rotatable bonds is 3. The molecule has 1 aliphatic heterocycles. The molecule has 7 heteroatoms. The molecule has 21 heavy (non-hydrogen) atoms. The van der Waals surface area contributed by atoms with Crippen LogP contribution < -0.4 is 5.32 Å². The van der Waals surface area contributed by atoms with Crippen LogP contribution in [0, 0.1) is 6.92 Å². The Morgan fingerprint density at radius 1 is 1.29 bits per heavy atom. The number of aryl methyl sites for hydroxylation is 1. The fraction of sp³-hybridized carbons (Fsp3) is 0.500. The molecule has 0 radical (unpaired) electrons. The lowest BCUT2D eigenvalue weighted by Gasteiger charge is -2.21. The van der Waals surface area contributed by atoms with Gasteiger partial charge in [0.15, 0.2) is 5.16 Å². The average molecular weight is 326 g/mol. The molecule has 1 aliphatic rings. The summed E-state index contributed by atoms with van der Waals surface area (Å²) in [5.41, 5.74) is 1.17. The van der Waals surface area contributed by atoms with Gasteiger partial charge in [0.05, 0.1) is 0 Å². The van der Waals surface area contributed by atoms with Gasteiger partial charge in [0.1, 0.15) is 10.9 Å². The lowest BCUT2D eigenvalue weighted by atomic mass is 9.97.